The van der Waals surface area contributed by atoms with Crippen LogP contribution in [0.2, 0.25) is 0 Å². The number of anilines is 1. The summed E-state index contributed by atoms with van der Waals surface area (Å²) in [5.74, 6) is 0. The molecule has 110 valence electrons. The number of para-hydroxylation sites is 1. The third kappa shape index (κ3) is 6.28. The summed E-state index contributed by atoms with van der Waals surface area (Å²) in [6.45, 7) is 6.62. The minimum absolute atomic E-state index is 0. The Labute approximate surface area is 123 Å². The molecule has 0 heterocycles. The second kappa shape index (κ2) is 7.73. The van der Waals surface area contributed by atoms with Gasteiger partial charge in [-0.1, -0.05) is 18.2 Å². The molecule has 0 spiro atoms. The van der Waals surface area contributed by atoms with E-state index in [0.29, 0.717) is 6.54 Å². The summed E-state index contributed by atoms with van der Waals surface area (Å²) in [4.78, 5) is 2.25. The maximum Gasteiger partial charge on any atom is 0.120 e. The molecule has 0 amide bonds. The Morgan fingerprint density at radius 3 is 2.26 bits per heavy atom. The van der Waals surface area contributed by atoms with Gasteiger partial charge in [0.15, 0.2) is 0 Å². The molecule has 0 saturated carbocycles. The standard InChI is InChI=1S/C15H27N2O.ClH/c1-6-16(11-14(18)12-17(3,4)5)15-10-8-7-9-13(15)2;/h7-10,14,18H,6,11-12H2,1-5H3;1H/q+1;/p-1. The van der Waals surface area contributed by atoms with Gasteiger partial charge in [0.2, 0.25) is 0 Å². The minimum atomic E-state index is -0.301. The van der Waals surface area contributed by atoms with Crippen LogP contribution < -0.4 is 17.3 Å². The lowest BCUT2D eigenvalue weighted by Gasteiger charge is -2.31. The molecule has 1 aromatic rings. The number of quaternary nitrogens is 1. The lowest BCUT2D eigenvalue weighted by Crippen LogP contribution is -3.00. The van der Waals surface area contributed by atoms with E-state index in [0.717, 1.165) is 17.6 Å². The van der Waals surface area contributed by atoms with Crippen molar-refractivity contribution < 1.29 is 22.0 Å². The first-order valence-electron chi connectivity index (χ1n) is 6.62. The first kappa shape index (κ1) is 18.2. The second-order valence-electron chi connectivity index (χ2n) is 5.95. The second-order valence-corrected chi connectivity index (χ2v) is 5.95. The van der Waals surface area contributed by atoms with Gasteiger partial charge in [0.05, 0.1) is 21.1 Å². The van der Waals surface area contributed by atoms with E-state index >= 15 is 0 Å². The van der Waals surface area contributed by atoms with Crippen molar-refractivity contribution in [1.29, 1.82) is 0 Å². The van der Waals surface area contributed by atoms with Gasteiger partial charge < -0.3 is 26.9 Å². The van der Waals surface area contributed by atoms with Gasteiger partial charge in [0, 0.05) is 18.8 Å². The van der Waals surface area contributed by atoms with Gasteiger partial charge in [-0.2, -0.15) is 0 Å². The lowest BCUT2D eigenvalue weighted by molar-refractivity contribution is -0.873. The van der Waals surface area contributed by atoms with Crippen molar-refractivity contribution in [3.8, 4) is 0 Å². The number of benzene rings is 1. The molecule has 0 aliphatic rings. The predicted molar refractivity (Wildman–Crippen MR) is 78.0 cm³/mol. The molecule has 0 radical (unpaired) electrons. The number of rotatable bonds is 6. The third-order valence-corrected chi connectivity index (χ3v) is 3.03. The molecular weight excluding hydrogens is 260 g/mol. The number of hydrogen-bond donors (Lipinski definition) is 1. The van der Waals surface area contributed by atoms with Crippen LogP contribution in [0.4, 0.5) is 5.69 Å². The summed E-state index contributed by atoms with van der Waals surface area (Å²) >= 11 is 0. The van der Waals surface area contributed by atoms with Crippen LogP contribution in [0, 0.1) is 6.92 Å². The number of aryl methyl sites for hydroxylation is 1. The zero-order valence-electron chi connectivity index (χ0n) is 12.7. The first-order chi connectivity index (χ1) is 8.33. The minimum Gasteiger partial charge on any atom is -1.00 e. The van der Waals surface area contributed by atoms with Gasteiger partial charge in [-0.3, -0.25) is 0 Å². The maximum absolute atomic E-state index is 10.2. The van der Waals surface area contributed by atoms with Crippen LogP contribution in [-0.2, 0) is 0 Å². The van der Waals surface area contributed by atoms with E-state index < -0.39 is 0 Å². The largest absolute Gasteiger partial charge is 1.00 e. The van der Waals surface area contributed by atoms with E-state index in [1.807, 2.05) is 0 Å². The summed E-state index contributed by atoms with van der Waals surface area (Å²) < 4.78 is 0.784. The smallest absolute Gasteiger partial charge is 0.120 e. The van der Waals surface area contributed by atoms with Crippen LogP contribution in [0.5, 0.6) is 0 Å². The molecular formula is C15H27ClN2O. The van der Waals surface area contributed by atoms with Crippen LogP contribution in [0.3, 0.4) is 0 Å². The van der Waals surface area contributed by atoms with Gasteiger partial charge in [-0.05, 0) is 25.5 Å². The Morgan fingerprint density at radius 2 is 1.79 bits per heavy atom. The highest BCUT2D eigenvalue weighted by atomic mass is 35.5. The third-order valence-electron chi connectivity index (χ3n) is 3.03. The molecule has 0 bridgehead atoms. The van der Waals surface area contributed by atoms with Crippen molar-refractivity contribution in [3.63, 3.8) is 0 Å². The van der Waals surface area contributed by atoms with Crippen LogP contribution in [0.1, 0.15) is 12.5 Å². The fourth-order valence-corrected chi connectivity index (χ4v) is 2.26. The van der Waals surface area contributed by atoms with E-state index in [4.69, 9.17) is 0 Å². The maximum atomic E-state index is 10.2. The number of hydrogen-bond acceptors (Lipinski definition) is 2. The van der Waals surface area contributed by atoms with Crippen molar-refractivity contribution >= 4 is 5.69 Å². The summed E-state index contributed by atoms with van der Waals surface area (Å²) in [7, 11) is 6.31. The summed E-state index contributed by atoms with van der Waals surface area (Å²) in [6.07, 6.45) is -0.301. The number of aliphatic hydroxyl groups is 1. The highest BCUT2D eigenvalue weighted by molar-refractivity contribution is 5.52. The average molecular weight is 287 g/mol. The molecule has 0 fully saturated rings. The molecule has 0 aliphatic carbocycles. The highest BCUT2D eigenvalue weighted by Gasteiger charge is 2.18. The number of halogens is 1. The summed E-state index contributed by atoms with van der Waals surface area (Å²) in [6, 6.07) is 8.34. The van der Waals surface area contributed by atoms with Gasteiger partial charge in [0.25, 0.3) is 0 Å². The molecule has 19 heavy (non-hydrogen) atoms. The van der Waals surface area contributed by atoms with Gasteiger partial charge in [0.1, 0.15) is 12.6 Å². The van der Waals surface area contributed by atoms with E-state index in [-0.39, 0.29) is 18.5 Å². The molecule has 4 heteroatoms. The number of aliphatic hydroxyl groups excluding tert-OH is 1. The van der Waals surface area contributed by atoms with E-state index in [1.165, 1.54) is 11.3 Å². The fraction of sp³-hybridized carbons (Fsp3) is 0.600. The predicted octanol–water partition coefficient (Wildman–Crippen LogP) is -1.11. The van der Waals surface area contributed by atoms with Crippen molar-refractivity contribution in [3.05, 3.63) is 29.8 Å². The van der Waals surface area contributed by atoms with Crippen molar-refractivity contribution in [2.45, 2.75) is 20.0 Å². The van der Waals surface area contributed by atoms with Crippen LogP contribution in [0.15, 0.2) is 24.3 Å². The van der Waals surface area contributed by atoms with Crippen LogP contribution in [-0.4, -0.2) is 56.5 Å². The molecule has 1 aromatic carbocycles. The van der Waals surface area contributed by atoms with Gasteiger partial charge in [-0.15, -0.1) is 0 Å². The van der Waals surface area contributed by atoms with Crippen molar-refractivity contribution in [1.82, 2.24) is 0 Å². The van der Waals surface area contributed by atoms with Crippen molar-refractivity contribution in [2.75, 3.05) is 45.7 Å². The highest BCUT2D eigenvalue weighted by Crippen LogP contribution is 2.19. The molecule has 0 saturated heterocycles. The Bertz CT molecular complexity index is 377. The zero-order chi connectivity index (χ0) is 13.8. The van der Waals surface area contributed by atoms with E-state index in [1.54, 1.807) is 0 Å². The number of nitrogens with zero attached hydrogens (tertiary/aromatic N) is 2. The van der Waals surface area contributed by atoms with Crippen LogP contribution >= 0.6 is 0 Å². The summed E-state index contributed by atoms with van der Waals surface area (Å²) in [5, 5.41) is 10.2. The monoisotopic (exact) mass is 286 g/mol. The fourth-order valence-electron chi connectivity index (χ4n) is 2.26. The Morgan fingerprint density at radius 1 is 1.21 bits per heavy atom. The van der Waals surface area contributed by atoms with E-state index in [9.17, 15) is 5.11 Å². The molecule has 1 unspecified atom stereocenters. The Kier molecular flexibility index (Phi) is 7.42. The van der Waals surface area contributed by atoms with Gasteiger partial charge in [-0.25, -0.2) is 0 Å². The topological polar surface area (TPSA) is 23.5 Å². The quantitative estimate of drug-likeness (QED) is 0.671. The Hall–Kier alpha value is -0.770. The summed E-state index contributed by atoms with van der Waals surface area (Å²) in [5.41, 5.74) is 2.48. The molecule has 0 aromatic heterocycles. The van der Waals surface area contributed by atoms with Crippen LogP contribution in [0.25, 0.3) is 0 Å². The molecule has 1 N–H and O–H groups in total. The van der Waals surface area contributed by atoms with E-state index in [2.05, 4.69) is 64.2 Å². The molecule has 1 atom stereocenters. The van der Waals surface area contributed by atoms with Gasteiger partial charge >= 0.3 is 0 Å². The normalized spacial score (nSPS) is 12.7. The zero-order valence-corrected chi connectivity index (χ0v) is 13.5. The molecule has 3 nitrogen and oxygen atoms in total. The molecule has 1 rings (SSSR count). The number of likely N-dealkylation sites (N-methyl/N-ethyl adjacent to an activating group) is 2. The SMILES string of the molecule is CCN(CC(O)C[N+](C)(C)C)c1ccccc1C.[Cl-]. The first-order valence-corrected chi connectivity index (χ1v) is 6.62. The average Bonchev–Trinajstić information content (AvgIpc) is 2.24. The lowest BCUT2D eigenvalue weighted by atomic mass is 10.1. The Balaban J connectivity index is 0.00000324. The van der Waals surface area contributed by atoms with Crippen molar-refractivity contribution in [2.24, 2.45) is 0 Å². The molecule has 0 aliphatic heterocycles.